The molecule has 0 fully saturated rings. The Hall–Kier alpha value is -5.30. The van der Waals surface area contributed by atoms with Gasteiger partial charge in [-0.3, -0.25) is 0 Å². The largest absolute Gasteiger partial charge is 2.00 e. The summed E-state index contributed by atoms with van der Waals surface area (Å²) < 4.78 is 0. The van der Waals surface area contributed by atoms with Crippen molar-refractivity contribution in [2.75, 3.05) is 12.3 Å². The van der Waals surface area contributed by atoms with E-state index in [0.717, 1.165) is 0 Å². The summed E-state index contributed by atoms with van der Waals surface area (Å²) in [6, 6.07) is 105. The molecule has 0 saturated heterocycles. The van der Waals surface area contributed by atoms with Crippen LogP contribution in [0.3, 0.4) is 0 Å². The first kappa shape index (κ1) is 48.6. The molecule has 0 atom stereocenters. The van der Waals surface area contributed by atoms with Gasteiger partial charge in [-0.05, 0) is 92.9 Å². The van der Waals surface area contributed by atoms with Crippen molar-refractivity contribution in [3.63, 3.8) is 0 Å². The first-order valence-electron chi connectivity index (χ1n) is 22.3. The van der Waals surface area contributed by atoms with E-state index >= 15 is 0 Å². The summed E-state index contributed by atoms with van der Waals surface area (Å²) in [5, 5.41) is 14.4. The van der Waals surface area contributed by atoms with Gasteiger partial charge in [-0.1, -0.05) is 243 Å². The van der Waals surface area contributed by atoms with E-state index < -0.39 is 15.8 Å². The second-order valence-corrected chi connectivity index (χ2v) is 24.4. The minimum atomic E-state index is -0.409. The minimum Gasteiger partial charge on any atom is -0.213 e. The molecule has 0 amide bonds. The molecule has 0 unspecified atom stereocenters. The maximum atomic E-state index is 2.30. The van der Waals surface area contributed by atoms with E-state index in [4.69, 9.17) is 0 Å². The molecule has 10 rings (SSSR count). The molecule has 0 radical (unpaired) electrons. The van der Waals surface area contributed by atoms with Crippen LogP contribution in [0.15, 0.2) is 291 Å². The topological polar surface area (TPSA) is 0 Å². The fourth-order valence-electron chi connectivity index (χ4n) is 7.86. The maximum absolute atomic E-state index is 2.30. The predicted octanol–water partition coefficient (Wildman–Crippen LogP) is 12.0. The molecule has 10 aromatic carbocycles. The Morgan fingerprint density at radius 2 is 0.455 bits per heavy atom. The number of rotatable bonds is 14. The first-order chi connectivity index (χ1) is 32.3. The van der Waals surface area contributed by atoms with Gasteiger partial charge < -0.3 is 0 Å². The number of benzene rings is 8. The molecule has 0 aromatic heterocycles. The van der Waals surface area contributed by atoms with E-state index in [1.54, 1.807) is 0 Å². The zero-order valence-electron chi connectivity index (χ0n) is 37.0. The molecular formula is C61H54FeP4. The van der Waals surface area contributed by atoms with E-state index in [9.17, 15) is 0 Å². The number of hydrogen-bond acceptors (Lipinski definition) is 0. The molecule has 66 heavy (non-hydrogen) atoms. The molecule has 0 aliphatic rings. The predicted molar refractivity (Wildman–Crippen MR) is 294 cm³/mol. The third-order valence-corrected chi connectivity index (χ3v) is 21.0. The van der Waals surface area contributed by atoms with Crippen LogP contribution in [-0.2, 0) is 17.1 Å². The quantitative estimate of drug-likeness (QED) is 0.0579. The fraction of sp³-hybridized carbons (Fsp3) is 0.0492. The Labute approximate surface area is 409 Å². The molecule has 326 valence electrons. The van der Waals surface area contributed by atoms with Gasteiger partial charge in [-0.15, -0.1) is 10.6 Å². The molecule has 0 heterocycles. The monoisotopic (exact) mass is 966 g/mol. The van der Waals surface area contributed by atoms with Crippen molar-refractivity contribution in [3.8, 4) is 0 Å². The summed E-state index contributed by atoms with van der Waals surface area (Å²) in [6.07, 6.45) is 3.72. The molecule has 0 aliphatic carbocycles. The van der Waals surface area contributed by atoms with Crippen molar-refractivity contribution in [2.45, 2.75) is 6.42 Å². The molecule has 0 nitrogen and oxygen atoms in total. The van der Waals surface area contributed by atoms with Crippen molar-refractivity contribution >= 4 is 84.7 Å². The van der Waals surface area contributed by atoms with Crippen molar-refractivity contribution in [1.29, 1.82) is 0 Å². The van der Waals surface area contributed by atoms with Crippen molar-refractivity contribution < 1.29 is 17.1 Å². The van der Waals surface area contributed by atoms with Gasteiger partial charge in [0.25, 0.3) is 0 Å². The van der Waals surface area contributed by atoms with Gasteiger partial charge in [0.2, 0.25) is 0 Å². The van der Waals surface area contributed by atoms with E-state index in [2.05, 4.69) is 291 Å². The SMILES string of the molecule is [Fe+2].c1ccc(P(CCCP(c2ccccc2)c2ccccc2)c2ccccc2)cc1.c1ccc(P(c2ccccc2)c2ccc[cH-]2)cc1.c1ccc(P(c2ccccc2)c2ccc[cH-]2)cc1. The van der Waals surface area contributed by atoms with Crippen LogP contribution in [0.4, 0.5) is 0 Å². The average molecular weight is 967 g/mol. The fourth-order valence-corrected chi connectivity index (χ4v) is 17.4. The average Bonchev–Trinajstić information content (AvgIpc) is 4.14. The van der Waals surface area contributed by atoms with Crippen LogP contribution < -0.4 is 53.0 Å². The Bertz CT molecular complexity index is 2400. The Balaban J connectivity index is 0.000000153. The molecule has 5 heteroatoms. The maximum Gasteiger partial charge on any atom is 2.00 e. The second kappa shape index (κ2) is 26.7. The molecular weight excluding hydrogens is 912 g/mol. The van der Waals surface area contributed by atoms with Gasteiger partial charge in [-0.25, -0.2) is 24.3 Å². The molecule has 0 N–H and O–H groups in total. The van der Waals surface area contributed by atoms with Crippen LogP contribution in [0.5, 0.6) is 0 Å². The molecule has 0 aliphatic heterocycles. The minimum absolute atomic E-state index is 0. The Morgan fingerprint density at radius 1 is 0.242 bits per heavy atom. The third kappa shape index (κ3) is 13.9. The van der Waals surface area contributed by atoms with Crippen LogP contribution in [0, 0.1) is 0 Å². The van der Waals surface area contributed by atoms with E-state index in [1.165, 1.54) is 71.8 Å². The van der Waals surface area contributed by atoms with Crippen LogP contribution in [0.1, 0.15) is 6.42 Å². The van der Waals surface area contributed by atoms with Crippen molar-refractivity contribution in [2.24, 2.45) is 0 Å². The molecule has 0 saturated carbocycles. The number of hydrogen-bond donors (Lipinski definition) is 0. The zero-order valence-corrected chi connectivity index (χ0v) is 41.7. The van der Waals surface area contributed by atoms with Crippen LogP contribution in [-0.4, -0.2) is 12.3 Å². The molecule has 10 aromatic rings. The summed E-state index contributed by atoms with van der Waals surface area (Å²) in [4.78, 5) is 0. The molecule has 0 bridgehead atoms. The van der Waals surface area contributed by atoms with E-state index in [0.29, 0.717) is 0 Å². The zero-order chi connectivity index (χ0) is 44.1. The summed E-state index contributed by atoms with van der Waals surface area (Å²) in [5.74, 6) is 0. The standard InChI is InChI=1S/C27H26P2.2C17H14P.Fe/c1-5-14-24(15-6-1)28(25-16-7-2-8-17-25)22-13-23-29(26-18-9-3-10-19-26)27-20-11-4-12-21-27;2*1-3-9-15(10-4-1)18(17-13-7-8-14-17)16-11-5-2-6-12-16;/h1-12,14-21H,13,22-23H2;2*1-14H;/q;2*-1;+2. The van der Waals surface area contributed by atoms with E-state index in [1.807, 2.05) is 0 Å². The van der Waals surface area contributed by atoms with Gasteiger partial charge in [0.1, 0.15) is 0 Å². The summed E-state index contributed by atoms with van der Waals surface area (Å²) in [6.45, 7) is 0. The van der Waals surface area contributed by atoms with Crippen LogP contribution >= 0.6 is 31.7 Å². The summed E-state index contributed by atoms with van der Waals surface area (Å²) >= 11 is 0. The van der Waals surface area contributed by atoms with Gasteiger partial charge in [0, 0.05) is 0 Å². The second-order valence-electron chi connectivity index (χ2n) is 15.3. The van der Waals surface area contributed by atoms with Crippen molar-refractivity contribution in [3.05, 3.63) is 291 Å². The summed E-state index contributed by atoms with van der Waals surface area (Å²) in [7, 11) is -1.44. The van der Waals surface area contributed by atoms with Crippen molar-refractivity contribution in [1.82, 2.24) is 0 Å². The van der Waals surface area contributed by atoms with Crippen LogP contribution in [0.25, 0.3) is 0 Å². The van der Waals surface area contributed by atoms with Gasteiger partial charge >= 0.3 is 17.1 Å². The van der Waals surface area contributed by atoms with Gasteiger partial charge in [-0.2, -0.15) is 24.3 Å². The first-order valence-corrected chi connectivity index (χ1v) is 28.0. The Morgan fingerprint density at radius 3 is 0.652 bits per heavy atom. The molecule has 0 spiro atoms. The normalized spacial score (nSPS) is 10.7. The summed E-state index contributed by atoms with van der Waals surface area (Å²) in [5.41, 5.74) is 0. The van der Waals surface area contributed by atoms with Crippen LogP contribution in [0.2, 0.25) is 0 Å². The third-order valence-electron chi connectivity index (χ3n) is 10.9. The van der Waals surface area contributed by atoms with Gasteiger partial charge in [0.15, 0.2) is 0 Å². The Kier molecular flexibility index (Phi) is 19.7. The smallest absolute Gasteiger partial charge is 0.213 e. The van der Waals surface area contributed by atoms with E-state index in [-0.39, 0.29) is 32.9 Å². The van der Waals surface area contributed by atoms with Gasteiger partial charge in [0.05, 0.1) is 0 Å².